The van der Waals surface area contributed by atoms with Crippen molar-refractivity contribution in [1.29, 1.82) is 0 Å². The van der Waals surface area contributed by atoms with Gasteiger partial charge >= 0.3 is 6.18 Å². The zero-order valence-electron chi connectivity index (χ0n) is 11.5. The molecule has 3 rings (SSSR count). The molecule has 0 unspecified atom stereocenters. The Labute approximate surface area is 120 Å². The molecule has 0 amide bonds. The molecule has 21 heavy (non-hydrogen) atoms. The fraction of sp³-hybridized carbons (Fsp3) is 0.176. The van der Waals surface area contributed by atoms with Crippen LogP contribution >= 0.6 is 0 Å². The van der Waals surface area contributed by atoms with Crippen LogP contribution in [0.5, 0.6) is 0 Å². The van der Waals surface area contributed by atoms with Crippen LogP contribution in [0.15, 0.2) is 54.7 Å². The Morgan fingerprint density at radius 2 is 1.57 bits per heavy atom. The van der Waals surface area contributed by atoms with Crippen LogP contribution in [0.1, 0.15) is 16.7 Å². The van der Waals surface area contributed by atoms with Gasteiger partial charge in [-0.1, -0.05) is 36.4 Å². The zero-order chi connectivity index (χ0) is 15.0. The molecule has 0 aliphatic rings. The standard InChI is InChI=1S/C17H14F3N/c1-21-11-13(14-7-3-5-9-16(14)21)10-12-6-2-4-8-15(12)17(18,19)20/h2-9,11H,10H2,1H3. The van der Waals surface area contributed by atoms with Gasteiger partial charge in [0, 0.05) is 30.6 Å². The summed E-state index contributed by atoms with van der Waals surface area (Å²) in [4.78, 5) is 0. The van der Waals surface area contributed by atoms with Crippen molar-refractivity contribution < 1.29 is 13.2 Å². The summed E-state index contributed by atoms with van der Waals surface area (Å²) in [6.45, 7) is 0. The molecule has 0 aliphatic carbocycles. The van der Waals surface area contributed by atoms with Crippen molar-refractivity contribution in [3.63, 3.8) is 0 Å². The number of fused-ring (bicyclic) bond motifs is 1. The van der Waals surface area contributed by atoms with Gasteiger partial charge in [-0.3, -0.25) is 0 Å². The summed E-state index contributed by atoms with van der Waals surface area (Å²) in [5, 5.41) is 0.997. The maximum atomic E-state index is 13.1. The Balaban J connectivity index is 2.08. The Morgan fingerprint density at radius 3 is 2.33 bits per heavy atom. The molecule has 0 bridgehead atoms. The van der Waals surface area contributed by atoms with E-state index < -0.39 is 11.7 Å². The van der Waals surface area contributed by atoms with E-state index >= 15 is 0 Å². The minimum Gasteiger partial charge on any atom is -0.350 e. The van der Waals surface area contributed by atoms with Gasteiger partial charge in [0.1, 0.15) is 0 Å². The van der Waals surface area contributed by atoms with Crippen LogP contribution in [0.3, 0.4) is 0 Å². The maximum absolute atomic E-state index is 13.1. The molecule has 3 aromatic rings. The van der Waals surface area contributed by atoms with Crippen LogP contribution in [-0.2, 0) is 19.6 Å². The van der Waals surface area contributed by atoms with E-state index in [1.807, 2.05) is 42.1 Å². The van der Waals surface area contributed by atoms with Crippen LogP contribution in [0.2, 0.25) is 0 Å². The number of rotatable bonds is 2. The molecule has 0 radical (unpaired) electrons. The van der Waals surface area contributed by atoms with Crippen molar-refractivity contribution in [2.75, 3.05) is 0 Å². The van der Waals surface area contributed by atoms with Crippen LogP contribution in [-0.4, -0.2) is 4.57 Å². The van der Waals surface area contributed by atoms with E-state index in [2.05, 4.69) is 0 Å². The molecule has 1 nitrogen and oxygen atoms in total. The first-order valence-corrected chi connectivity index (χ1v) is 6.65. The van der Waals surface area contributed by atoms with E-state index in [9.17, 15) is 13.2 Å². The van der Waals surface area contributed by atoms with Gasteiger partial charge in [-0.05, 0) is 23.3 Å². The highest BCUT2D eigenvalue weighted by molar-refractivity contribution is 5.84. The first-order chi connectivity index (χ1) is 9.97. The molecule has 0 saturated heterocycles. The van der Waals surface area contributed by atoms with Gasteiger partial charge in [-0.15, -0.1) is 0 Å². The van der Waals surface area contributed by atoms with Crippen LogP contribution < -0.4 is 0 Å². The van der Waals surface area contributed by atoms with Gasteiger partial charge in [-0.2, -0.15) is 13.2 Å². The lowest BCUT2D eigenvalue weighted by atomic mass is 9.99. The number of aryl methyl sites for hydroxylation is 1. The second-order valence-electron chi connectivity index (χ2n) is 5.11. The van der Waals surface area contributed by atoms with Gasteiger partial charge in [0.15, 0.2) is 0 Å². The molecular weight excluding hydrogens is 275 g/mol. The predicted molar refractivity (Wildman–Crippen MR) is 77.2 cm³/mol. The highest BCUT2D eigenvalue weighted by Crippen LogP contribution is 2.33. The lowest BCUT2D eigenvalue weighted by Gasteiger charge is -2.12. The predicted octanol–water partition coefficient (Wildman–Crippen LogP) is 4.79. The minimum absolute atomic E-state index is 0.275. The van der Waals surface area contributed by atoms with Crippen molar-refractivity contribution in [1.82, 2.24) is 4.57 Å². The van der Waals surface area contributed by atoms with Gasteiger partial charge < -0.3 is 4.57 Å². The highest BCUT2D eigenvalue weighted by Gasteiger charge is 2.32. The maximum Gasteiger partial charge on any atom is 0.416 e. The smallest absolute Gasteiger partial charge is 0.350 e. The molecule has 2 aromatic carbocycles. The van der Waals surface area contributed by atoms with E-state index in [1.165, 1.54) is 6.07 Å². The molecule has 0 atom stereocenters. The lowest BCUT2D eigenvalue weighted by Crippen LogP contribution is -2.09. The number of hydrogen-bond donors (Lipinski definition) is 0. The number of aromatic nitrogens is 1. The van der Waals surface area contributed by atoms with Crippen molar-refractivity contribution in [3.05, 3.63) is 71.4 Å². The average molecular weight is 289 g/mol. The molecule has 108 valence electrons. The van der Waals surface area contributed by atoms with E-state index in [-0.39, 0.29) is 6.42 Å². The largest absolute Gasteiger partial charge is 0.416 e. The fourth-order valence-corrected chi connectivity index (χ4v) is 2.72. The summed E-state index contributed by atoms with van der Waals surface area (Å²) in [7, 11) is 1.90. The van der Waals surface area contributed by atoms with Gasteiger partial charge in [0.05, 0.1) is 5.56 Å². The Morgan fingerprint density at radius 1 is 0.905 bits per heavy atom. The SMILES string of the molecule is Cn1cc(Cc2ccccc2C(F)(F)F)c2ccccc21. The summed E-state index contributed by atoms with van der Waals surface area (Å²) >= 11 is 0. The zero-order valence-corrected chi connectivity index (χ0v) is 11.5. The fourth-order valence-electron chi connectivity index (χ4n) is 2.72. The monoisotopic (exact) mass is 289 g/mol. The summed E-state index contributed by atoms with van der Waals surface area (Å²) in [6, 6.07) is 13.5. The van der Waals surface area contributed by atoms with Crippen molar-refractivity contribution in [3.8, 4) is 0 Å². The quantitative estimate of drug-likeness (QED) is 0.639. The third-order valence-corrected chi connectivity index (χ3v) is 3.68. The highest BCUT2D eigenvalue weighted by atomic mass is 19.4. The number of nitrogens with zero attached hydrogens (tertiary/aromatic N) is 1. The lowest BCUT2D eigenvalue weighted by molar-refractivity contribution is -0.138. The van der Waals surface area contributed by atoms with Gasteiger partial charge in [0.25, 0.3) is 0 Å². The third kappa shape index (κ3) is 2.53. The Kier molecular flexibility index (Phi) is 3.24. The van der Waals surface area contributed by atoms with Crippen molar-refractivity contribution in [2.45, 2.75) is 12.6 Å². The number of para-hydroxylation sites is 1. The molecule has 0 fully saturated rings. The number of halogens is 3. The van der Waals surface area contributed by atoms with Gasteiger partial charge in [0.2, 0.25) is 0 Å². The second-order valence-corrected chi connectivity index (χ2v) is 5.11. The first-order valence-electron chi connectivity index (χ1n) is 6.65. The Bertz CT molecular complexity index is 784. The van der Waals surface area contributed by atoms with Crippen LogP contribution in [0.4, 0.5) is 13.2 Å². The summed E-state index contributed by atoms with van der Waals surface area (Å²) < 4.78 is 41.1. The van der Waals surface area contributed by atoms with Crippen molar-refractivity contribution in [2.24, 2.45) is 7.05 Å². The normalized spacial score (nSPS) is 12.0. The van der Waals surface area contributed by atoms with Crippen molar-refractivity contribution >= 4 is 10.9 Å². The van der Waals surface area contributed by atoms with E-state index in [1.54, 1.807) is 12.1 Å². The Hall–Kier alpha value is -2.23. The summed E-state index contributed by atoms with van der Waals surface area (Å²) in [5.74, 6) is 0. The molecule has 1 heterocycles. The molecule has 0 N–H and O–H groups in total. The number of hydrogen-bond acceptors (Lipinski definition) is 0. The molecule has 0 spiro atoms. The topological polar surface area (TPSA) is 4.93 Å². The first kappa shape index (κ1) is 13.7. The number of benzene rings is 2. The van der Waals surface area contributed by atoms with E-state index in [0.717, 1.165) is 22.5 Å². The molecule has 0 aliphatic heterocycles. The number of alkyl halides is 3. The summed E-state index contributed by atoms with van der Waals surface area (Å²) in [5.41, 5.74) is 1.68. The second kappa shape index (κ2) is 4.95. The summed E-state index contributed by atoms with van der Waals surface area (Å²) in [6.07, 6.45) is -2.14. The van der Waals surface area contributed by atoms with E-state index in [4.69, 9.17) is 0 Å². The molecule has 4 heteroatoms. The third-order valence-electron chi connectivity index (χ3n) is 3.68. The minimum atomic E-state index is -4.32. The van der Waals surface area contributed by atoms with E-state index in [0.29, 0.717) is 5.56 Å². The molecular formula is C17H14F3N. The van der Waals surface area contributed by atoms with Gasteiger partial charge in [-0.25, -0.2) is 0 Å². The molecule has 0 saturated carbocycles. The average Bonchev–Trinajstić information content (AvgIpc) is 2.76. The van der Waals surface area contributed by atoms with Crippen LogP contribution in [0, 0.1) is 0 Å². The molecule has 1 aromatic heterocycles. The van der Waals surface area contributed by atoms with Crippen LogP contribution in [0.25, 0.3) is 10.9 Å².